The van der Waals surface area contributed by atoms with Gasteiger partial charge in [0.15, 0.2) is 0 Å². The van der Waals surface area contributed by atoms with Crippen LogP contribution in [0.5, 0.6) is 0 Å². The Labute approximate surface area is 106 Å². The molecule has 0 aliphatic carbocycles. The average molecular weight is 263 g/mol. The van der Waals surface area contributed by atoms with Gasteiger partial charge in [-0.25, -0.2) is 8.42 Å². The van der Waals surface area contributed by atoms with Crippen molar-refractivity contribution in [2.75, 3.05) is 17.1 Å². The summed E-state index contributed by atoms with van der Waals surface area (Å²) >= 11 is 0. The molecule has 0 spiro atoms. The van der Waals surface area contributed by atoms with Crippen molar-refractivity contribution in [1.82, 2.24) is 4.98 Å². The minimum Gasteiger partial charge on any atom is -0.399 e. The van der Waals surface area contributed by atoms with Crippen LogP contribution in [0.2, 0.25) is 0 Å². The molecule has 1 heterocycles. The second-order valence-corrected chi connectivity index (χ2v) is 5.72. The topological polar surface area (TPSA) is 76.3 Å². The lowest BCUT2D eigenvalue weighted by molar-refractivity contribution is 0.594. The number of anilines is 2. The van der Waals surface area contributed by atoms with Crippen molar-refractivity contribution in [2.24, 2.45) is 0 Å². The first-order valence-corrected chi connectivity index (χ1v) is 6.70. The highest BCUT2D eigenvalue weighted by Crippen LogP contribution is 2.22. The molecule has 0 saturated heterocycles. The molecule has 0 saturated carbocycles. The Balaban J connectivity index is 2.44. The molecule has 1 aromatic carbocycles. The van der Waals surface area contributed by atoms with Crippen LogP contribution < -0.4 is 10.0 Å². The molecule has 0 aliphatic heterocycles. The fourth-order valence-electron chi connectivity index (χ4n) is 1.53. The molecule has 2 rings (SSSR count). The lowest BCUT2D eigenvalue weighted by Crippen LogP contribution is -2.26. The van der Waals surface area contributed by atoms with E-state index in [0.29, 0.717) is 11.4 Å². The highest BCUT2D eigenvalue weighted by molar-refractivity contribution is 7.92. The highest BCUT2D eigenvalue weighted by atomic mass is 32.2. The van der Waals surface area contributed by atoms with Crippen LogP contribution in [0.1, 0.15) is 0 Å². The van der Waals surface area contributed by atoms with Gasteiger partial charge in [-0.15, -0.1) is 0 Å². The van der Waals surface area contributed by atoms with Crippen molar-refractivity contribution in [3.63, 3.8) is 0 Å². The van der Waals surface area contributed by atoms with E-state index in [1.54, 1.807) is 36.7 Å². The van der Waals surface area contributed by atoms with E-state index >= 15 is 0 Å². The Morgan fingerprint density at radius 2 is 1.83 bits per heavy atom. The summed E-state index contributed by atoms with van der Waals surface area (Å²) in [6.07, 6.45) is 3.08. The zero-order chi connectivity index (χ0) is 13.2. The average Bonchev–Trinajstić information content (AvgIpc) is 2.39. The van der Waals surface area contributed by atoms with Gasteiger partial charge in [0.2, 0.25) is 0 Å². The second kappa shape index (κ2) is 4.66. The normalized spacial score (nSPS) is 11.2. The van der Waals surface area contributed by atoms with Crippen molar-refractivity contribution in [3.05, 3.63) is 48.8 Å². The summed E-state index contributed by atoms with van der Waals surface area (Å²) in [5.41, 5.74) is 6.57. The zero-order valence-electron chi connectivity index (χ0n) is 9.82. The maximum atomic E-state index is 12.3. The number of benzene rings is 1. The fourth-order valence-corrected chi connectivity index (χ4v) is 2.78. The third-order valence-corrected chi connectivity index (χ3v) is 4.32. The molecule has 5 nitrogen and oxygen atoms in total. The summed E-state index contributed by atoms with van der Waals surface area (Å²) in [6.45, 7) is 0. The third kappa shape index (κ3) is 2.28. The van der Waals surface area contributed by atoms with E-state index in [1.807, 2.05) is 0 Å². The first-order valence-electron chi connectivity index (χ1n) is 5.26. The van der Waals surface area contributed by atoms with E-state index < -0.39 is 10.0 Å². The zero-order valence-corrected chi connectivity index (χ0v) is 10.6. The van der Waals surface area contributed by atoms with Gasteiger partial charge in [0.05, 0.1) is 10.6 Å². The summed E-state index contributed by atoms with van der Waals surface area (Å²) < 4.78 is 25.9. The number of nitrogens with two attached hydrogens (primary N) is 1. The molecular formula is C12H13N3O2S. The van der Waals surface area contributed by atoms with Gasteiger partial charge in [-0.05, 0) is 30.3 Å². The number of sulfonamides is 1. The molecule has 0 radical (unpaired) electrons. The Morgan fingerprint density at radius 1 is 1.17 bits per heavy atom. The first kappa shape index (κ1) is 12.4. The molecule has 94 valence electrons. The largest absolute Gasteiger partial charge is 0.399 e. The summed E-state index contributed by atoms with van der Waals surface area (Å²) in [6, 6.07) is 9.47. The number of hydrogen-bond acceptors (Lipinski definition) is 4. The van der Waals surface area contributed by atoms with Gasteiger partial charge in [0.25, 0.3) is 10.0 Å². The van der Waals surface area contributed by atoms with Gasteiger partial charge in [-0.3, -0.25) is 9.29 Å². The van der Waals surface area contributed by atoms with E-state index in [1.165, 1.54) is 23.5 Å². The molecule has 18 heavy (non-hydrogen) atoms. The number of nitrogen functional groups attached to an aromatic ring is 1. The van der Waals surface area contributed by atoms with Gasteiger partial charge >= 0.3 is 0 Å². The monoisotopic (exact) mass is 263 g/mol. The fraction of sp³-hybridized carbons (Fsp3) is 0.0833. The predicted molar refractivity (Wildman–Crippen MR) is 70.7 cm³/mol. The highest BCUT2D eigenvalue weighted by Gasteiger charge is 2.21. The van der Waals surface area contributed by atoms with Crippen LogP contribution in [0, 0.1) is 0 Å². The minimum atomic E-state index is -3.59. The maximum absolute atomic E-state index is 12.3. The van der Waals surface area contributed by atoms with Gasteiger partial charge in [-0.1, -0.05) is 6.07 Å². The van der Waals surface area contributed by atoms with E-state index in [0.717, 1.165) is 0 Å². The molecule has 0 fully saturated rings. The lowest BCUT2D eigenvalue weighted by Gasteiger charge is -2.19. The van der Waals surface area contributed by atoms with Crippen molar-refractivity contribution < 1.29 is 8.42 Å². The van der Waals surface area contributed by atoms with E-state index in [-0.39, 0.29) is 4.90 Å². The van der Waals surface area contributed by atoms with Crippen LogP contribution in [-0.4, -0.2) is 20.4 Å². The SMILES string of the molecule is CN(c1ccncc1)S(=O)(=O)c1cccc(N)c1. The van der Waals surface area contributed by atoms with E-state index in [2.05, 4.69) is 4.98 Å². The minimum absolute atomic E-state index is 0.168. The van der Waals surface area contributed by atoms with Gasteiger partial charge in [-0.2, -0.15) is 0 Å². The van der Waals surface area contributed by atoms with Gasteiger partial charge < -0.3 is 5.73 Å². The van der Waals surface area contributed by atoms with Gasteiger partial charge in [0.1, 0.15) is 0 Å². The van der Waals surface area contributed by atoms with Crippen molar-refractivity contribution in [1.29, 1.82) is 0 Å². The van der Waals surface area contributed by atoms with Gasteiger partial charge in [0, 0.05) is 25.1 Å². The number of rotatable bonds is 3. The number of pyridine rings is 1. The Morgan fingerprint density at radius 3 is 2.44 bits per heavy atom. The Hall–Kier alpha value is -2.08. The molecule has 0 aliphatic rings. The number of nitrogens with zero attached hydrogens (tertiary/aromatic N) is 2. The molecule has 2 N–H and O–H groups in total. The molecule has 0 atom stereocenters. The smallest absolute Gasteiger partial charge is 0.264 e. The molecule has 1 aromatic heterocycles. The van der Waals surface area contributed by atoms with Crippen LogP contribution in [0.3, 0.4) is 0 Å². The third-order valence-electron chi connectivity index (χ3n) is 2.54. The molecule has 0 amide bonds. The molecule has 6 heteroatoms. The molecular weight excluding hydrogens is 250 g/mol. The summed E-state index contributed by atoms with van der Waals surface area (Å²) in [4.78, 5) is 4.02. The second-order valence-electron chi connectivity index (χ2n) is 3.75. The van der Waals surface area contributed by atoms with Crippen LogP contribution >= 0.6 is 0 Å². The van der Waals surface area contributed by atoms with Crippen molar-refractivity contribution >= 4 is 21.4 Å². The predicted octanol–water partition coefficient (Wildman–Crippen LogP) is 1.49. The summed E-state index contributed by atoms with van der Waals surface area (Å²) in [5.74, 6) is 0. The quantitative estimate of drug-likeness (QED) is 0.851. The molecule has 0 bridgehead atoms. The van der Waals surface area contributed by atoms with E-state index in [4.69, 9.17) is 5.73 Å². The summed E-state index contributed by atoms with van der Waals surface area (Å²) in [7, 11) is -2.10. The Kier molecular flexibility index (Phi) is 3.20. The first-order chi connectivity index (χ1) is 8.51. The molecule has 0 unspecified atom stereocenters. The number of aromatic nitrogens is 1. The number of hydrogen-bond donors (Lipinski definition) is 1. The van der Waals surface area contributed by atoms with Crippen LogP contribution in [0.15, 0.2) is 53.7 Å². The van der Waals surface area contributed by atoms with Crippen LogP contribution in [-0.2, 0) is 10.0 Å². The standard InChI is InChI=1S/C12H13N3O2S/c1-15(11-5-7-14-8-6-11)18(16,17)12-4-2-3-10(13)9-12/h2-9H,13H2,1H3. The molecule has 2 aromatic rings. The van der Waals surface area contributed by atoms with Crippen LogP contribution in [0.25, 0.3) is 0 Å². The Bertz CT molecular complexity index is 641. The van der Waals surface area contributed by atoms with Crippen LogP contribution in [0.4, 0.5) is 11.4 Å². The van der Waals surface area contributed by atoms with E-state index in [9.17, 15) is 8.42 Å². The summed E-state index contributed by atoms with van der Waals surface area (Å²) in [5, 5.41) is 0. The lowest BCUT2D eigenvalue weighted by atomic mass is 10.3. The van der Waals surface area contributed by atoms with Crippen molar-refractivity contribution in [3.8, 4) is 0 Å². The maximum Gasteiger partial charge on any atom is 0.264 e. The van der Waals surface area contributed by atoms with Crippen molar-refractivity contribution in [2.45, 2.75) is 4.90 Å².